The molecule has 1 aliphatic heterocycles. The fourth-order valence-corrected chi connectivity index (χ4v) is 4.12. The lowest BCUT2D eigenvalue weighted by atomic mass is 10.0. The van der Waals surface area contributed by atoms with Gasteiger partial charge in [0.1, 0.15) is 16.5 Å². The largest absolute Gasteiger partial charge is 0.495 e. The molecule has 1 aromatic rings. The van der Waals surface area contributed by atoms with Crippen molar-refractivity contribution in [2.24, 2.45) is 5.92 Å². The van der Waals surface area contributed by atoms with Gasteiger partial charge in [-0.1, -0.05) is 6.92 Å². The number of nitrogens with zero attached hydrogens (tertiary/aromatic N) is 1. The average Bonchev–Trinajstić information content (AvgIpc) is 2.38. The topological polar surface area (TPSA) is 46.6 Å². The van der Waals surface area contributed by atoms with Crippen molar-refractivity contribution in [1.29, 1.82) is 0 Å². The van der Waals surface area contributed by atoms with Crippen molar-refractivity contribution in [3.05, 3.63) is 24.0 Å². The maximum Gasteiger partial charge on any atom is 0.246 e. The van der Waals surface area contributed by atoms with E-state index in [0.29, 0.717) is 19.0 Å². The minimum Gasteiger partial charge on any atom is -0.495 e. The summed E-state index contributed by atoms with van der Waals surface area (Å²) in [5.74, 6) is -0.0767. The molecule has 1 heterocycles. The number of benzene rings is 1. The Kier molecular flexibility index (Phi) is 4.10. The summed E-state index contributed by atoms with van der Waals surface area (Å²) in [7, 11) is -2.31. The molecule has 1 saturated heterocycles. The van der Waals surface area contributed by atoms with Gasteiger partial charge < -0.3 is 4.74 Å². The number of methoxy groups -OCH3 is 1. The molecule has 0 amide bonds. The van der Waals surface area contributed by atoms with Crippen LogP contribution >= 0.6 is 0 Å². The second kappa shape index (κ2) is 5.46. The van der Waals surface area contributed by atoms with E-state index in [1.54, 1.807) is 0 Å². The Bertz CT molecular complexity index is 559. The van der Waals surface area contributed by atoms with E-state index in [0.717, 1.165) is 18.9 Å². The Balaban J connectivity index is 2.41. The van der Waals surface area contributed by atoms with Crippen LogP contribution in [-0.2, 0) is 10.0 Å². The average molecular weight is 287 g/mol. The molecule has 4 nitrogen and oxygen atoms in total. The van der Waals surface area contributed by atoms with E-state index >= 15 is 0 Å². The second-order valence-corrected chi connectivity index (χ2v) is 6.81. The predicted molar refractivity (Wildman–Crippen MR) is 70.1 cm³/mol. The van der Waals surface area contributed by atoms with Crippen molar-refractivity contribution in [2.45, 2.75) is 24.7 Å². The normalized spacial score (nSPS) is 21.3. The standard InChI is InChI=1S/C13H18FNO3S/c1-10-4-3-7-15(9-10)19(16,17)13-8-11(14)5-6-12(13)18-2/h5-6,8,10H,3-4,7,9H2,1-2H3/t10-/m0/s1. The number of halogens is 1. The first kappa shape index (κ1) is 14.3. The predicted octanol–water partition coefficient (Wildman–Crippen LogP) is 2.25. The van der Waals surface area contributed by atoms with E-state index in [2.05, 4.69) is 0 Å². The number of sulfonamides is 1. The number of hydrogen-bond donors (Lipinski definition) is 0. The zero-order valence-corrected chi connectivity index (χ0v) is 11.9. The third kappa shape index (κ3) is 2.90. The molecule has 6 heteroatoms. The number of piperidine rings is 1. The van der Waals surface area contributed by atoms with E-state index in [9.17, 15) is 12.8 Å². The molecule has 1 atom stereocenters. The molecular formula is C13H18FNO3S. The first-order chi connectivity index (χ1) is 8.95. The summed E-state index contributed by atoms with van der Waals surface area (Å²) in [5, 5.41) is 0. The van der Waals surface area contributed by atoms with Gasteiger partial charge in [0.25, 0.3) is 0 Å². The third-order valence-corrected chi connectivity index (χ3v) is 5.25. The Labute approximate surface area is 113 Å². The Morgan fingerprint density at radius 1 is 1.42 bits per heavy atom. The fourth-order valence-electron chi connectivity index (χ4n) is 2.36. The SMILES string of the molecule is COc1ccc(F)cc1S(=O)(=O)N1CCC[C@H](C)C1. The van der Waals surface area contributed by atoms with Crippen molar-refractivity contribution in [2.75, 3.05) is 20.2 Å². The quantitative estimate of drug-likeness (QED) is 0.856. The highest BCUT2D eigenvalue weighted by Crippen LogP contribution is 2.30. The molecule has 0 aromatic heterocycles. The van der Waals surface area contributed by atoms with Crippen LogP contribution in [0.4, 0.5) is 4.39 Å². The van der Waals surface area contributed by atoms with Crippen LogP contribution in [0.25, 0.3) is 0 Å². The van der Waals surface area contributed by atoms with Gasteiger partial charge in [-0.3, -0.25) is 0 Å². The van der Waals surface area contributed by atoms with Gasteiger partial charge in [0, 0.05) is 13.1 Å². The molecule has 0 aliphatic carbocycles. The van der Waals surface area contributed by atoms with Gasteiger partial charge in [0.2, 0.25) is 10.0 Å². The lowest BCUT2D eigenvalue weighted by Gasteiger charge is -2.30. The van der Waals surface area contributed by atoms with Gasteiger partial charge in [-0.25, -0.2) is 12.8 Å². The Morgan fingerprint density at radius 2 is 2.16 bits per heavy atom. The lowest BCUT2D eigenvalue weighted by molar-refractivity contribution is 0.280. The molecule has 1 aromatic carbocycles. The molecule has 0 unspecified atom stereocenters. The molecule has 106 valence electrons. The van der Waals surface area contributed by atoms with E-state index < -0.39 is 15.8 Å². The van der Waals surface area contributed by atoms with Crippen LogP contribution in [-0.4, -0.2) is 32.9 Å². The summed E-state index contributed by atoms with van der Waals surface area (Å²) in [6, 6.07) is 3.56. The number of rotatable bonds is 3. The molecule has 1 aliphatic rings. The van der Waals surface area contributed by atoms with E-state index in [-0.39, 0.29) is 10.6 Å². The molecule has 19 heavy (non-hydrogen) atoms. The third-order valence-electron chi connectivity index (χ3n) is 3.36. The van der Waals surface area contributed by atoms with Crippen LogP contribution in [0.15, 0.2) is 23.1 Å². The molecule has 0 saturated carbocycles. The monoisotopic (exact) mass is 287 g/mol. The van der Waals surface area contributed by atoms with Crippen LogP contribution in [0.3, 0.4) is 0 Å². The van der Waals surface area contributed by atoms with Crippen LogP contribution in [0, 0.1) is 11.7 Å². The maximum absolute atomic E-state index is 13.3. The zero-order valence-electron chi connectivity index (χ0n) is 11.1. The molecule has 2 rings (SSSR count). The van der Waals surface area contributed by atoms with Crippen molar-refractivity contribution in [3.8, 4) is 5.75 Å². The van der Waals surface area contributed by atoms with Crippen molar-refractivity contribution in [1.82, 2.24) is 4.31 Å². The second-order valence-electron chi connectivity index (χ2n) is 4.91. The van der Waals surface area contributed by atoms with Gasteiger partial charge in [0.05, 0.1) is 7.11 Å². The van der Waals surface area contributed by atoms with Gasteiger partial charge >= 0.3 is 0 Å². The van der Waals surface area contributed by atoms with Gasteiger partial charge in [-0.05, 0) is 37.0 Å². The minimum absolute atomic E-state index is 0.0934. The smallest absolute Gasteiger partial charge is 0.246 e. The van der Waals surface area contributed by atoms with Crippen LogP contribution in [0.1, 0.15) is 19.8 Å². The van der Waals surface area contributed by atoms with E-state index in [4.69, 9.17) is 4.74 Å². The van der Waals surface area contributed by atoms with Crippen LogP contribution in [0.2, 0.25) is 0 Å². The first-order valence-corrected chi connectivity index (χ1v) is 7.73. The number of ether oxygens (including phenoxy) is 1. The van der Waals surface area contributed by atoms with Gasteiger partial charge in [-0.15, -0.1) is 0 Å². The molecule has 0 spiro atoms. The molecule has 0 bridgehead atoms. The number of hydrogen-bond acceptors (Lipinski definition) is 3. The Hall–Kier alpha value is -1.14. The fraction of sp³-hybridized carbons (Fsp3) is 0.538. The Morgan fingerprint density at radius 3 is 2.79 bits per heavy atom. The summed E-state index contributed by atoms with van der Waals surface area (Å²) in [6.07, 6.45) is 1.85. The van der Waals surface area contributed by atoms with Crippen molar-refractivity contribution < 1.29 is 17.5 Å². The lowest BCUT2D eigenvalue weighted by Crippen LogP contribution is -2.39. The van der Waals surface area contributed by atoms with Gasteiger partial charge in [-0.2, -0.15) is 4.31 Å². The van der Waals surface area contributed by atoms with E-state index in [1.807, 2.05) is 6.92 Å². The highest BCUT2D eigenvalue weighted by atomic mass is 32.2. The highest BCUT2D eigenvalue weighted by Gasteiger charge is 2.31. The highest BCUT2D eigenvalue weighted by molar-refractivity contribution is 7.89. The summed E-state index contributed by atoms with van der Waals surface area (Å²) in [4.78, 5) is -0.0934. The zero-order chi connectivity index (χ0) is 14.0. The van der Waals surface area contributed by atoms with Gasteiger partial charge in [0.15, 0.2) is 0 Å². The maximum atomic E-state index is 13.3. The summed E-state index contributed by atoms with van der Waals surface area (Å²) < 4.78 is 44.9. The van der Waals surface area contributed by atoms with Crippen LogP contribution < -0.4 is 4.74 Å². The molecule has 0 radical (unpaired) electrons. The molecule has 0 N–H and O–H groups in total. The molecular weight excluding hydrogens is 269 g/mol. The van der Waals surface area contributed by atoms with Crippen molar-refractivity contribution in [3.63, 3.8) is 0 Å². The van der Waals surface area contributed by atoms with E-state index in [1.165, 1.54) is 23.5 Å². The summed E-state index contributed by atoms with van der Waals surface area (Å²) in [5.41, 5.74) is 0. The van der Waals surface area contributed by atoms with Crippen molar-refractivity contribution >= 4 is 10.0 Å². The first-order valence-electron chi connectivity index (χ1n) is 6.29. The summed E-state index contributed by atoms with van der Waals surface area (Å²) >= 11 is 0. The minimum atomic E-state index is -3.69. The summed E-state index contributed by atoms with van der Waals surface area (Å²) in [6.45, 7) is 2.97. The molecule has 1 fully saturated rings. The van der Waals surface area contributed by atoms with Crippen LogP contribution in [0.5, 0.6) is 5.75 Å².